The normalized spacial score (nSPS) is 10.8. The lowest BCUT2D eigenvalue weighted by Gasteiger charge is -2.17. The molecule has 0 aliphatic rings. The Morgan fingerprint density at radius 2 is 1.92 bits per heavy atom. The van der Waals surface area contributed by atoms with Gasteiger partial charge in [-0.05, 0) is 38.1 Å². The second-order valence-corrected chi connectivity index (χ2v) is 6.23. The Balaban J connectivity index is 1.70. The fourth-order valence-electron chi connectivity index (χ4n) is 2.93. The lowest BCUT2D eigenvalue weighted by Crippen LogP contribution is -2.26. The molecule has 5 heteroatoms. The molecule has 1 aromatic carbocycles. The second-order valence-electron chi connectivity index (χ2n) is 6.23. The predicted molar refractivity (Wildman–Crippen MR) is 96.5 cm³/mol. The van der Waals surface area contributed by atoms with Gasteiger partial charge in [0.1, 0.15) is 5.76 Å². The molecule has 0 unspecified atom stereocenters. The molecule has 0 bridgehead atoms. The maximum atomic E-state index is 12.4. The molecular formula is C20H23N3O2. The van der Waals surface area contributed by atoms with Gasteiger partial charge in [-0.25, -0.2) is 4.68 Å². The van der Waals surface area contributed by atoms with Crippen LogP contribution in [0, 0.1) is 13.8 Å². The first-order valence-corrected chi connectivity index (χ1v) is 8.43. The molecule has 0 radical (unpaired) electrons. The van der Waals surface area contributed by atoms with Gasteiger partial charge in [0.2, 0.25) is 5.91 Å². The highest BCUT2D eigenvalue weighted by atomic mass is 16.3. The molecule has 2 heterocycles. The molecule has 0 spiro atoms. The van der Waals surface area contributed by atoms with Crippen LogP contribution in [0.15, 0.2) is 53.1 Å². The number of hydrogen-bond acceptors (Lipinski definition) is 3. The summed E-state index contributed by atoms with van der Waals surface area (Å²) in [5.41, 5.74) is 4.14. The third kappa shape index (κ3) is 3.82. The molecule has 0 atom stereocenters. The van der Waals surface area contributed by atoms with E-state index < -0.39 is 0 Å². The summed E-state index contributed by atoms with van der Waals surface area (Å²) in [5, 5.41) is 4.64. The summed E-state index contributed by atoms with van der Waals surface area (Å²) >= 11 is 0. The van der Waals surface area contributed by atoms with Crippen LogP contribution in [0.4, 0.5) is 0 Å². The van der Waals surface area contributed by atoms with Gasteiger partial charge in [0.05, 0.1) is 17.6 Å². The Labute approximate surface area is 147 Å². The zero-order valence-electron chi connectivity index (χ0n) is 14.9. The van der Waals surface area contributed by atoms with Crippen LogP contribution >= 0.6 is 0 Å². The van der Waals surface area contributed by atoms with Crippen LogP contribution in [0.25, 0.3) is 5.69 Å². The number of carbonyl (C=O) groups is 1. The van der Waals surface area contributed by atoms with Crippen molar-refractivity contribution in [2.24, 2.45) is 0 Å². The fraction of sp³-hybridized carbons (Fsp3) is 0.300. The number of aryl methyl sites for hydroxylation is 2. The second kappa shape index (κ2) is 7.38. The molecule has 0 aliphatic carbocycles. The van der Waals surface area contributed by atoms with E-state index in [0.29, 0.717) is 19.4 Å². The van der Waals surface area contributed by atoms with Gasteiger partial charge in [0, 0.05) is 37.7 Å². The summed E-state index contributed by atoms with van der Waals surface area (Å²) in [7, 11) is 1.84. The van der Waals surface area contributed by atoms with E-state index in [2.05, 4.69) is 5.10 Å². The summed E-state index contributed by atoms with van der Waals surface area (Å²) in [6.45, 7) is 4.59. The average Bonchev–Trinajstić information content (AvgIpc) is 3.24. The van der Waals surface area contributed by atoms with Gasteiger partial charge in [-0.15, -0.1) is 0 Å². The van der Waals surface area contributed by atoms with Crippen molar-refractivity contribution in [3.63, 3.8) is 0 Å². The highest BCUT2D eigenvalue weighted by Gasteiger charge is 2.17. The number of benzene rings is 1. The summed E-state index contributed by atoms with van der Waals surface area (Å²) in [4.78, 5) is 14.2. The Morgan fingerprint density at radius 3 is 2.60 bits per heavy atom. The van der Waals surface area contributed by atoms with Gasteiger partial charge in [-0.3, -0.25) is 4.79 Å². The largest absolute Gasteiger partial charge is 0.469 e. The van der Waals surface area contributed by atoms with Gasteiger partial charge in [0.25, 0.3) is 0 Å². The third-order valence-corrected chi connectivity index (χ3v) is 4.43. The van der Waals surface area contributed by atoms with E-state index in [1.54, 1.807) is 11.2 Å². The van der Waals surface area contributed by atoms with Gasteiger partial charge >= 0.3 is 0 Å². The van der Waals surface area contributed by atoms with Crippen molar-refractivity contribution in [2.45, 2.75) is 33.2 Å². The van der Waals surface area contributed by atoms with Gasteiger partial charge in [-0.1, -0.05) is 18.2 Å². The van der Waals surface area contributed by atoms with E-state index in [9.17, 15) is 4.79 Å². The molecule has 2 aromatic heterocycles. The zero-order chi connectivity index (χ0) is 17.8. The molecule has 1 amide bonds. The Kier molecular flexibility index (Phi) is 5.03. The minimum absolute atomic E-state index is 0.0997. The maximum Gasteiger partial charge on any atom is 0.223 e. The first kappa shape index (κ1) is 17.0. The SMILES string of the molecule is Cc1nn(-c2ccccc2)c(C)c1CN(C)C(=O)CCc1ccco1. The zero-order valence-corrected chi connectivity index (χ0v) is 14.9. The summed E-state index contributed by atoms with van der Waals surface area (Å²) in [6.07, 6.45) is 2.70. The number of carbonyl (C=O) groups excluding carboxylic acids is 1. The number of aromatic nitrogens is 2. The third-order valence-electron chi connectivity index (χ3n) is 4.43. The Hall–Kier alpha value is -2.82. The summed E-state index contributed by atoms with van der Waals surface area (Å²) in [6, 6.07) is 13.8. The van der Waals surface area contributed by atoms with E-state index >= 15 is 0 Å². The van der Waals surface area contributed by atoms with Crippen molar-refractivity contribution in [2.75, 3.05) is 7.05 Å². The van der Waals surface area contributed by atoms with Gasteiger partial charge in [0.15, 0.2) is 0 Å². The van der Waals surface area contributed by atoms with Crippen LogP contribution in [-0.4, -0.2) is 27.6 Å². The van der Waals surface area contributed by atoms with Crippen LogP contribution in [-0.2, 0) is 17.8 Å². The summed E-state index contributed by atoms with van der Waals surface area (Å²) < 4.78 is 7.22. The molecule has 3 aromatic rings. The van der Waals surface area contributed by atoms with E-state index in [0.717, 1.165) is 28.4 Å². The molecule has 0 saturated carbocycles. The summed E-state index contributed by atoms with van der Waals surface area (Å²) in [5.74, 6) is 0.939. The smallest absolute Gasteiger partial charge is 0.223 e. The van der Waals surface area contributed by atoms with E-state index in [1.807, 2.05) is 68.0 Å². The maximum absolute atomic E-state index is 12.4. The minimum Gasteiger partial charge on any atom is -0.469 e. The molecule has 0 aliphatic heterocycles. The van der Waals surface area contributed by atoms with E-state index in [4.69, 9.17) is 4.42 Å². The number of furan rings is 1. The highest BCUT2D eigenvalue weighted by molar-refractivity contribution is 5.76. The van der Waals surface area contributed by atoms with Crippen molar-refractivity contribution in [1.29, 1.82) is 0 Å². The van der Waals surface area contributed by atoms with Crippen LogP contribution in [0.5, 0.6) is 0 Å². The fourth-order valence-corrected chi connectivity index (χ4v) is 2.93. The number of para-hydroxylation sites is 1. The molecule has 0 N–H and O–H groups in total. The molecular weight excluding hydrogens is 314 g/mol. The Morgan fingerprint density at radius 1 is 1.16 bits per heavy atom. The van der Waals surface area contributed by atoms with Crippen molar-refractivity contribution in [3.05, 3.63) is 71.4 Å². The van der Waals surface area contributed by atoms with Crippen molar-refractivity contribution in [1.82, 2.24) is 14.7 Å². The van der Waals surface area contributed by atoms with Crippen molar-refractivity contribution >= 4 is 5.91 Å². The molecule has 25 heavy (non-hydrogen) atoms. The monoisotopic (exact) mass is 337 g/mol. The van der Waals surface area contributed by atoms with Gasteiger partial charge in [-0.2, -0.15) is 5.10 Å². The molecule has 0 saturated heterocycles. The lowest BCUT2D eigenvalue weighted by molar-refractivity contribution is -0.130. The first-order chi connectivity index (χ1) is 12.1. The number of nitrogens with zero attached hydrogens (tertiary/aromatic N) is 3. The molecule has 130 valence electrons. The molecule has 3 rings (SSSR count). The lowest BCUT2D eigenvalue weighted by atomic mass is 10.1. The minimum atomic E-state index is 0.0997. The van der Waals surface area contributed by atoms with Crippen LogP contribution in [0.1, 0.15) is 29.1 Å². The van der Waals surface area contributed by atoms with E-state index in [-0.39, 0.29) is 5.91 Å². The van der Waals surface area contributed by atoms with Crippen molar-refractivity contribution in [3.8, 4) is 5.69 Å². The van der Waals surface area contributed by atoms with E-state index in [1.165, 1.54) is 0 Å². The Bertz CT molecular complexity index is 835. The standard InChI is InChI=1S/C20H23N3O2/c1-15-19(16(2)23(21-15)17-8-5-4-6-9-17)14-22(3)20(24)12-11-18-10-7-13-25-18/h4-10,13H,11-12,14H2,1-3H3. The van der Waals surface area contributed by atoms with Crippen LogP contribution in [0.2, 0.25) is 0 Å². The first-order valence-electron chi connectivity index (χ1n) is 8.43. The number of hydrogen-bond donors (Lipinski definition) is 0. The quantitative estimate of drug-likeness (QED) is 0.689. The van der Waals surface area contributed by atoms with Crippen LogP contribution in [0.3, 0.4) is 0 Å². The number of amides is 1. The van der Waals surface area contributed by atoms with Crippen LogP contribution < -0.4 is 0 Å². The molecule has 0 fully saturated rings. The number of rotatable bonds is 6. The predicted octanol–water partition coefficient (Wildman–Crippen LogP) is 3.67. The highest BCUT2D eigenvalue weighted by Crippen LogP contribution is 2.19. The van der Waals surface area contributed by atoms with Gasteiger partial charge < -0.3 is 9.32 Å². The topological polar surface area (TPSA) is 51.3 Å². The molecule has 5 nitrogen and oxygen atoms in total. The average molecular weight is 337 g/mol. The van der Waals surface area contributed by atoms with Crippen molar-refractivity contribution < 1.29 is 9.21 Å².